The lowest BCUT2D eigenvalue weighted by molar-refractivity contribution is 0.0951. The predicted molar refractivity (Wildman–Crippen MR) is 129 cm³/mol. The van der Waals surface area contributed by atoms with Gasteiger partial charge in [-0.15, -0.1) is 0 Å². The van der Waals surface area contributed by atoms with Crippen LogP contribution in [0.3, 0.4) is 0 Å². The molecule has 3 aromatic rings. The summed E-state index contributed by atoms with van der Waals surface area (Å²) in [5, 5.41) is 8.18. The topological polar surface area (TPSA) is 69.7 Å². The summed E-state index contributed by atoms with van der Waals surface area (Å²) < 4.78 is 5.44. The van der Waals surface area contributed by atoms with Crippen LogP contribution in [0.4, 0.5) is 11.5 Å². The quantitative estimate of drug-likeness (QED) is 0.531. The monoisotopic (exact) mass is 433 g/mol. The smallest absolute Gasteiger partial charge is 0.253 e. The molecule has 0 aliphatic carbocycles. The molecule has 0 bridgehead atoms. The number of nitrogens with zero attached hydrogens (tertiary/aromatic N) is 3. The molecule has 1 aliphatic rings. The van der Waals surface area contributed by atoms with E-state index < -0.39 is 0 Å². The van der Waals surface area contributed by atoms with Crippen LogP contribution in [-0.2, 0) is 0 Å². The van der Waals surface area contributed by atoms with Crippen LogP contribution in [0.2, 0.25) is 0 Å². The molecule has 1 aromatic heterocycles. The number of pyridine rings is 1. The summed E-state index contributed by atoms with van der Waals surface area (Å²) in [5.74, 6) is 1.34. The minimum absolute atomic E-state index is 0.0871. The van der Waals surface area contributed by atoms with Gasteiger partial charge in [0, 0.05) is 44.3 Å². The molecule has 0 spiro atoms. The van der Waals surface area contributed by atoms with E-state index in [0.29, 0.717) is 17.9 Å². The van der Waals surface area contributed by atoms with E-state index in [1.165, 1.54) is 0 Å². The van der Waals surface area contributed by atoms with Gasteiger partial charge in [-0.3, -0.25) is 4.79 Å². The van der Waals surface area contributed by atoms with Crippen molar-refractivity contribution in [3.8, 4) is 5.75 Å². The Hall–Kier alpha value is -3.16. The third-order valence-corrected chi connectivity index (χ3v) is 5.93. The fraction of sp³-hybridized carbons (Fsp3) is 0.360. The lowest BCUT2D eigenvalue weighted by Gasteiger charge is -2.32. The molecule has 1 aliphatic heterocycles. The molecular weight excluding hydrogens is 402 g/mol. The van der Waals surface area contributed by atoms with Gasteiger partial charge >= 0.3 is 0 Å². The van der Waals surface area contributed by atoms with Gasteiger partial charge in [-0.05, 0) is 37.5 Å². The molecule has 2 aromatic carbocycles. The average molecular weight is 434 g/mol. The van der Waals surface area contributed by atoms with Crippen LogP contribution in [0, 0.1) is 0 Å². The first kappa shape index (κ1) is 22.0. The number of anilines is 2. The van der Waals surface area contributed by atoms with Gasteiger partial charge in [-0.1, -0.05) is 36.4 Å². The molecule has 0 saturated carbocycles. The Balaban J connectivity index is 1.43. The minimum Gasteiger partial charge on any atom is -0.495 e. The number of ether oxygens (including phenoxy) is 1. The van der Waals surface area contributed by atoms with Gasteiger partial charge in [0.25, 0.3) is 5.91 Å². The van der Waals surface area contributed by atoms with Crippen molar-refractivity contribution in [3.05, 3.63) is 60.3 Å². The highest BCUT2D eigenvalue weighted by Gasteiger charge is 2.16. The predicted octanol–water partition coefficient (Wildman–Crippen LogP) is 3.35. The molecule has 1 saturated heterocycles. The fourth-order valence-electron chi connectivity index (χ4n) is 4.02. The highest BCUT2D eigenvalue weighted by atomic mass is 16.5. The molecule has 32 heavy (non-hydrogen) atoms. The van der Waals surface area contributed by atoms with E-state index in [2.05, 4.69) is 32.5 Å². The Morgan fingerprint density at radius 3 is 2.53 bits per heavy atom. The van der Waals surface area contributed by atoms with Crippen molar-refractivity contribution in [1.29, 1.82) is 0 Å². The Bertz CT molecular complexity index is 1060. The first-order valence-electron chi connectivity index (χ1n) is 11.1. The molecule has 7 heteroatoms. The number of benzene rings is 2. The van der Waals surface area contributed by atoms with E-state index in [4.69, 9.17) is 4.74 Å². The fourth-order valence-corrected chi connectivity index (χ4v) is 4.02. The summed E-state index contributed by atoms with van der Waals surface area (Å²) >= 11 is 0. The number of nitrogens with one attached hydrogen (secondary N) is 2. The molecule has 0 unspecified atom stereocenters. The lowest BCUT2D eigenvalue weighted by atomic mass is 10.1. The molecule has 0 radical (unpaired) electrons. The largest absolute Gasteiger partial charge is 0.495 e. The van der Waals surface area contributed by atoms with Gasteiger partial charge in [-0.2, -0.15) is 0 Å². The highest BCUT2D eigenvalue weighted by Crippen LogP contribution is 2.31. The molecule has 7 nitrogen and oxygen atoms in total. The maximum absolute atomic E-state index is 12.9. The van der Waals surface area contributed by atoms with Crippen LogP contribution in [-0.4, -0.2) is 74.1 Å². The van der Waals surface area contributed by atoms with Crippen LogP contribution in [0.25, 0.3) is 10.8 Å². The summed E-state index contributed by atoms with van der Waals surface area (Å²) in [6, 6.07) is 15.5. The summed E-state index contributed by atoms with van der Waals surface area (Å²) in [6.45, 7) is 6.08. The number of likely N-dealkylation sites (N-methyl/N-ethyl adjacent to an activating group) is 1. The van der Waals surface area contributed by atoms with Crippen molar-refractivity contribution in [2.75, 3.05) is 58.7 Å². The Labute approximate surface area is 189 Å². The molecule has 2 heterocycles. The van der Waals surface area contributed by atoms with Crippen molar-refractivity contribution in [3.63, 3.8) is 0 Å². The van der Waals surface area contributed by atoms with Crippen LogP contribution < -0.4 is 15.4 Å². The number of carbonyl (C=O) groups excluding carboxylic acids is 1. The number of piperazine rings is 1. The van der Waals surface area contributed by atoms with Crippen molar-refractivity contribution < 1.29 is 9.53 Å². The first-order chi connectivity index (χ1) is 15.7. The van der Waals surface area contributed by atoms with Gasteiger partial charge in [0.15, 0.2) is 0 Å². The summed E-state index contributed by atoms with van der Waals surface area (Å²) in [5.41, 5.74) is 1.42. The SMILES string of the molecule is COc1ccccc1Nc1ncc(C(=O)NCCCN2CCN(C)CC2)c2ccccc12. The van der Waals surface area contributed by atoms with Crippen molar-refractivity contribution in [2.45, 2.75) is 6.42 Å². The number of rotatable bonds is 8. The van der Waals surface area contributed by atoms with Crippen LogP contribution in [0.1, 0.15) is 16.8 Å². The maximum atomic E-state index is 12.9. The van der Waals surface area contributed by atoms with Gasteiger partial charge in [0.2, 0.25) is 0 Å². The number of carbonyl (C=O) groups is 1. The van der Waals surface area contributed by atoms with Gasteiger partial charge in [0.1, 0.15) is 11.6 Å². The van der Waals surface area contributed by atoms with Crippen LogP contribution in [0.5, 0.6) is 5.75 Å². The number of para-hydroxylation sites is 2. The minimum atomic E-state index is -0.0871. The molecule has 168 valence electrons. The van der Waals surface area contributed by atoms with E-state index in [-0.39, 0.29) is 5.91 Å². The molecule has 4 rings (SSSR count). The molecule has 0 atom stereocenters. The Kier molecular flexibility index (Phi) is 7.19. The zero-order valence-electron chi connectivity index (χ0n) is 18.8. The van der Waals surface area contributed by atoms with E-state index in [1.54, 1.807) is 13.3 Å². The number of amides is 1. The van der Waals surface area contributed by atoms with E-state index in [1.807, 2.05) is 48.5 Å². The van der Waals surface area contributed by atoms with E-state index in [9.17, 15) is 4.79 Å². The molecule has 2 N–H and O–H groups in total. The third kappa shape index (κ3) is 5.18. The van der Waals surface area contributed by atoms with Gasteiger partial charge in [0.05, 0.1) is 18.4 Å². The average Bonchev–Trinajstić information content (AvgIpc) is 2.83. The summed E-state index contributed by atoms with van der Waals surface area (Å²) in [6.07, 6.45) is 2.59. The number of methoxy groups -OCH3 is 1. The second kappa shape index (κ2) is 10.4. The number of hydrogen-bond acceptors (Lipinski definition) is 6. The molecule has 1 amide bonds. The lowest BCUT2D eigenvalue weighted by Crippen LogP contribution is -2.45. The maximum Gasteiger partial charge on any atom is 0.253 e. The number of aromatic nitrogens is 1. The zero-order valence-corrected chi connectivity index (χ0v) is 18.8. The van der Waals surface area contributed by atoms with Gasteiger partial charge < -0.3 is 25.2 Å². The number of fused-ring (bicyclic) bond motifs is 1. The molecular formula is C25H31N5O2. The Morgan fingerprint density at radius 1 is 1.03 bits per heavy atom. The second-order valence-electron chi connectivity index (χ2n) is 8.15. The highest BCUT2D eigenvalue weighted by molar-refractivity contribution is 6.09. The van der Waals surface area contributed by atoms with E-state index >= 15 is 0 Å². The third-order valence-electron chi connectivity index (χ3n) is 5.93. The summed E-state index contributed by atoms with van der Waals surface area (Å²) in [4.78, 5) is 22.3. The first-order valence-corrected chi connectivity index (χ1v) is 11.1. The number of hydrogen-bond donors (Lipinski definition) is 2. The van der Waals surface area contributed by atoms with Crippen molar-refractivity contribution >= 4 is 28.2 Å². The van der Waals surface area contributed by atoms with Crippen molar-refractivity contribution in [1.82, 2.24) is 20.1 Å². The van der Waals surface area contributed by atoms with Crippen molar-refractivity contribution in [2.24, 2.45) is 0 Å². The second-order valence-corrected chi connectivity index (χ2v) is 8.15. The van der Waals surface area contributed by atoms with Crippen LogP contribution in [0.15, 0.2) is 54.7 Å². The zero-order chi connectivity index (χ0) is 22.3. The van der Waals surface area contributed by atoms with E-state index in [0.717, 1.165) is 61.4 Å². The van der Waals surface area contributed by atoms with Crippen LogP contribution >= 0.6 is 0 Å². The normalized spacial score (nSPS) is 14.9. The van der Waals surface area contributed by atoms with Gasteiger partial charge in [-0.25, -0.2) is 4.98 Å². The molecule has 1 fully saturated rings. The summed E-state index contributed by atoms with van der Waals surface area (Å²) in [7, 11) is 3.80. The Morgan fingerprint density at radius 2 is 1.75 bits per heavy atom. The standard InChI is InChI=1S/C25H31N5O2/c1-29-14-16-30(17-15-29)13-7-12-26-25(31)21-18-27-24(20-9-4-3-8-19(20)21)28-22-10-5-6-11-23(22)32-2/h3-6,8-11,18H,7,12-17H2,1-2H3,(H,26,31)(H,27,28).